The molecule has 72 valence electrons. The Morgan fingerprint density at radius 2 is 2.17 bits per heavy atom. The molecule has 0 aliphatic carbocycles. The first kappa shape index (κ1) is 11.3. The molecule has 0 aromatic carbocycles. The Morgan fingerprint density at radius 1 is 1.67 bits per heavy atom. The van der Waals surface area contributed by atoms with Gasteiger partial charge in [-0.3, -0.25) is 5.41 Å². The molecular formula is C5H14N4O2S. The fourth-order valence-corrected chi connectivity index (χ4v) is 1.20. The lowest BCUT2D eigenvalue weighted by atomic mass is 10.4. The number of nitrogens with one attached hydrogen (secondary N) is 2. The van der Waals surface area contributed by atoms with Gasteiger partial charge in [0.05, 0.1) is 5.84 Å². The minimum atomic E-state index is -3.36. The highest BCUT2D eigenvalue weighted by molar-refractivity contribution is 7.87. The normalized spacial score (nSPS) is 11.9. The van der Waals surface area contributed by atoms with Crippen LogP contribution in [-0.4, -0.2) is 39.2 Å². The van der Waals surface area contributed by atoms with Gasteiger partial charge in [0.2, 0.25) is 0 Å². The summed E-state index contributed by atoms with van der Waals surface area (Å²) in [4.78, 5) is 0. The van der Waals surface area contributed by atoms with Crippen LogP contribution >= 0.6 is 0 Å². The lowest BCUT2D eigenvalue weighted by Crippen LogP contribution is -2.37. The van der Waals surface area contributed by atoms with Crippen LogP contribution in [0.2, 0.25) is 0 Å². The lowest BCUT2D eigenvalue weighted by Gasteiger charge is -2.14. The van der Waals surface area contributed by atoms with Gasteiger partial charge in [0.1, 0.15) is 0 Å². The average molecular weight is 194 g/mol. The topological polar surface area (TPSA) is 99.3 Å². The number of hydrogen-bond donors (Lipinski definition) is 3. The van der Waals surface area contributed by atoms with Gasteiger partial charge in [-0.05, 0) is 0 Å². The van der Waals surface area contributed by atoms with Crippen molar-refractivity contribution in [3.8, 4) is 0 Å². The molecule has 0 bridgehead atoms. The molecule has 0 heterocycles. The Bertz CT molecular complexity index is 248. The van der Waals surface area contributed by atoms with E-state index in [1.807, 2.05) is 0 Å². The van der Waals surface area contributed by atoms with Gasteiger partial charge in [0.25, 0.3) is 10.2 Å². The van der Waals surface area contributed by atoms with Crippen LogP contribution in [0, 0.1) is 5.41 Å². The first-order valence-corrected chi connectivity index (χ1v) is 4.82. The van der Waals surface area contributed by atoms with E-state index >= 15 is 0 Å². The zero-order valence-electron chi connectivity index (χ0n) is 7.16. The number of nitrogens with two attached hydrogens (primary N) is 1. The monoisotopic (exact) mass is 194 g/mol. The van der Waals surface area contributed by atoms with E-state index in [-0.39, 0.29) is 18.8 Å². The third kappa shape index (κ3) is 3.65. The van der Waals surface area contributed by atoms with Crippen LogP contribution in [0.3, 0.4) is 0 Å². The summed E-state index contributed by atoms with van der Waals surface area (Å²) >= 11 is 0. The second-order valence-corrected chi connectivity index (χ2v) is 4.29. The molecule has 4 N–H and O–H groups in total. The van der Waals surface area contributed by atoms with Crippen LogP contribution in [0.4, 0.5) is 0 Å². The van der Waals surface area contributed by atoms with E-state index in [2.05, 4.69) is 4.72 Å². The minimum Gasteiger partial charge on any atom is -0.388 e. The van der Waals surface area contributed by atoms with Gasteiger partial charge in [-0.2, -0.15) is 12.7 Å². The third-order valence-electron chi connectivity index (χ3n) is 1.36. The molecule has 0 amide bonds. The fourth-order valence-electron chi connectivity index (χ4n) is 0.554. The highest BCUT2D eigenvalue weighted by Gasteiger charge is 2.13. The molecule has 0 rings (SSSR count). The molecule has 0 fully saturated rings. The second-order valence-electron chi connectivity index (χ2n) is 2.31. The average Bonchev–Trinajstić information content (AvgIpc) is 2.00. The van der Waals surface area contributed by atoms with Gasteiger partial charge in [0.15, 0.2) is 0 Å². The van der Waals surface area contributed by atoms with E-state index in [0.717, 1.165) is 4.31 Å². The summed E-state index contributed by atoms with van der Waals surface area (Å²) in [5.74, 6) is -0.0202. The molecule has 0 saturated heterocycles. The number of rotatable bonds is 5. The summed E-state index contributed by atoms with van der Waals surface area (Å²) in [6, 6.07) is 0. The van der Waals surface area contributed by atoms with Crippen LogP contribution in [0.5, 0.6) is 0 Å². The molecule has 0 atom stereocenters. The molecule has 12 heavy (non-hydrogen) atoms. The standard InChI is InChI=1S/C5H14N4O2S/c1-8-12(10,11)9(2)4-3-5(6)7/h8H,3-4H2,1-2H3,(H3,6,7). The van der Waals surface area contributed by atoms with Crippen LogP contribution < -0.4 is 10.5 Å². The number of nitrogens with zero attached hydrogens (tertiary/aromatic N) is 1. The van der Waals surface area contributed by atoms with E-state index in [4.69, 9.17) is 11.1 Å². The second kappa shape index (κ2) is 4.39. The van der Waals surface area contributed by atoms with Crippen LogP contribution in [-0.2, 0) is 10.2 Å². The summed E-state index contributed by atoms with van der Waals surface area (Å²) < 4.78 is 25.3. The minimum absolute atomic E-state index is 0.0202. The fraction of sp³-hybridized carbons (Fsp3) is 0.800. The van der Waals surface area contributed by atoms with E-state index in [1.54, 1.807) is 0 Å². The Morgan fingerprint density at radius 3 is 2.50 bits per heavy atom. The summed E-state index contributed by atoms with van der Waals surface area (Å²) in [6.45, 7) is 0.221. The molecule has 7 heteroatoms. The van der Waals surface area contributed by atoms with E-state index in [9.17, 15) is 8.42 Å². The van der Waals surface area contributed by atoms with Crippen LogP contribution in [0.15, 0.2) is 0 Å². The predicted molar refractivity (Wildman–Crippen MR) is 47.1 cm³/mol. The molecular weight excluding hydrogens is 180 g/mol. The van der Waals surface area contributed by atoms with Gasteiger partial charge in [-0.25, -0.2) is 4.72 Å². The summed E-state index contributed by atoms with van der Waals surface area (Å²) in [7, 11) is -0.604. The van der Waals surface area contributed by atoms with Gasteiger partial charge in [-0.15, -0.1) is 0 Å². The third-order valence-corrected chi connectivity index (χ3v) is 2.88. The molecule has 0 spiro atoms. The first-order chi connectivity index (χ1) is 5.40. The van der Waals surface area contributed by atoms with Gasteiger partial charge >= 0.3 is 0 Å². The van der Waals surface area contributed by atoms with Crippen molar-refractivity contribution in [2.24, 2.45) is 5.73 Å². The molecule has 0 saturated carbocycles. The Hall–Kier alpha value is -0.660. The highest BCUT2D eigenvalue weighted by Crippen LogP contribution is 1.93. The SMILES string of the molecule is CNS(=O)(=O)N(C)CCC(=N)N. The van der Waals surface area contributed by atoms with Crippen molar-refractivity contribution in [2.45, 2.75) is 6.42 Å². The van der Waals surface area contributed by atoms with Crippen molar-refractivity contribution in [1.29, 1.82) is 5.41 Å². The maximum absolute atomic E-state index is 11.0. The number of amidine groups is 1. The lowest BCUT2D eigenvalue weighted by molar-refractivity contribution is 0.470. The maximum atomic E-state index is 11.0. The zero-order chi connectivity index (χ0) is 9.78. The summed E-state index contributed by atoms with van der Waals surface area (Å²) in [6.07, 6.45) is 0.247. The predicted octanol–water partition coefficient (Wildman–Crippen LogP) is -1.29. The van der Waals surface area contributed by atoms with Crippen LogP contribution in [0.25, 0.3) is 0 Å². The van der Waals surface area contributed by atoms with Crippen molar-refractivity contribution in [3.63, 3.8) is 0 Å². The van der Waals surface area contributed by atoms with E-state index < -0.39 is 10.2 Å². The molecule has 0 aliphatic heterocycles. The molecule has 0 aromatic rings. The van der Waals surface area contributed by atoms with Gasteiger partial charge in [0, 0.05) is 27.1 Å². The van der Waals surface area contributed by atoms with Crippen LogP contribution in [0.1, 0.15) is 6.42 Å². The molecule has 0 aliphatic rings. The van der Waals surface area contributed by atoms with Crippen molar-refractivity contribution in [2.75, 3.05) is 20.6 Å². The van der Waals surface area contributed by atoms with Crippen molar-refractivity contribution >= 4 is 16.0 Å². The first-order valence-electron chi connectivity index (χ1n) is 3.38. The van der Waals surface area contributed by atoms with Crippen molar-refractivity contribution in [1.82, 2.24) is 9.03 Å². The largest absolute Gasteiger partial charge is 0.388 e. The van der Waals surface area contributed by atoms with Gasteiger partial charge in [-0.1, -0.05) is 0 Å². The summed E-state index contributed by atoms with van der Waals surface area (Å²) in [5.41, 5.74) is 5.07. The van der Waals surface area contributed by atoms with E-state index in [1.165, 1.54) is 14.1 Å². The molecule has 0 unspecified atom stereocenters. The van der Waals surface area contributed by atoms with Gasteiger partial charge < -0.3 is 5.73 Å². The Labute approximate surface area is 72.4 Å². The molecule has 0 aromatic heterocycles. The smallest absolute Gasteiger partial charge is 0.278 e. The molecule has 0 radical (unpaired) electrons. The van der Waals surface area contributed by atoms with E-state index in [0.29, 0.717) is 0 Å². The Kier molecular flexibility index (Phi) is 4.15. The zero-order valence-corrected chi connectivity index (χ0v) is 7.98. The van der Waals surface area contributed by atoms with Crippen molar-refractivity contribution in [3.05, 3.63) is 0 Å². The molecule has 6 nitrogen and oxygen atoms in total. The Balaban J connectivity index is 4.05. The maximum Gasteiger partial charge on any atom is 0.278 e. The number of hydrogen-bond acceptors (Lipinski definition) is 3. The quantitative estimate of drug-likeness (QED) is 0.375. The summed E-state index contributed by atoms with van der Waals surface area (Å²) in [5, 5.41) is 6.89. The van der Waals surface area contributed by atoms with Crippen molar-refractivity contribution < 1.29 is 8.42 Å². The highest BCUT2D eigenvalue weighted by atomic mass is 32.2.